The second kappa shape index (κ2) is 10.0. The number of sulfonamides is 1. The van der Waals surface area contributed by atoms with Gasteiger partial charge in [0.15, 0.2) is 0 Å². The van der Waals surface area contributed by atoms with E-state index in [1.807, 2.05) is 6.07 Å². The van der Waals surface area contributed by atoms with Gasteiger partial charge in [-0.15, -0.1) is 0 Å². The number of primary sulfonamides is 1. The number of carbonyl (C=O) groups excluding carboxylic acids is 1. The van der Waals surface area contributed by atoms with Crippen molar-refractivity contribution in [3.8, 4) is 23.3 Å². The number of nitrogens with one attached hydrogen (secondary N) is 1. The molecule has 0 aromatic heterocycles. The summed E-state index contributed by atoms with van der Waals surface area (Å²) in [5.41, 5.74) is 1.50. The molecule has 0 spiro atoms. The highest BCUT2D eigenvalue weighted by Gasteiger charge is 2.18. The monoisotopic (exact) mass is 467 g/mol. The molecule has 0 bridgehead atoms. The maximum absolute atomic E-state index is 12.6. The number of hydrogen-bond acceptors (Lipinski definition) is 7. The van der Waals surface area contributed by atoms with Crippen molar-refractivity contribution in [1.29, 1.82) is 5.26 Å². The highest BCUT2D eigenvalue weighted by molar-refractivity contribution is 7.89. The predicted molar refractivity (Wildman–Crippen MR) is 121 cm³/mol. The van der Waals surface area contributed by atoms with E-state index < -0.39 is 15.9 Å². The lowest BCUT2D eigenvalue weighted by molar-refractivity contribution is 0.102. The van der Waals surface area contributed by atoms with Crippen LogP contribution in [0.5, 0.6) is 17.2 Å². The second-order valence-electron chi connectivity index (χ2n) is 6.82. The average molecular weight is 468 g/mol. The predicted octanol–water partition coefficient (Wildman–Crippen LogP) is 3.05. The van der Waals surface area contributed by atoms with Crippen LogP contribution in [0.1, 0.15) is 21.5 Å². The van der Waals surface area contributed by atoms with Gasteiger partial charge < -0.3 is 19.5 Å². The fourth-order valence-electron chi connectivity index (χ4n) is 3.02. The number of nitriles is 1. The Balaban J connectivity index is 1.90. The molecule has 1 amide bonds. The Hall–Kier alpha value is -4.07. The molecule has 33 heavy (non-hydrogen) atoms. The van der Waals surface area contributed by atoms with Gasteiger partial charge >= 0.3 is 0 Å². The van der Waals surface area contributed by atoms with Gasteiger partial charge in [-0.25, -0.2) is 13.6 Å². The van der Waals surface area contributed by atoms with Crippen molar-refractivity contribution in [3.05, 3.63) is 77.4 Å². The summed E-state index contributed by atoms with van der Waals surface area (Å²) >= 11 is 0. The minimum Gasteiger partial charge on any atom is -0.497 e. The number of anilines is 1. The second-order valence-corrected chi connectivity index (χ2v) is 8.35. The van der Waals surface area contributed by atoms with Gasteiger partial charge in [0.25, 0.3) is 5.91 Å². The molecular weight excluding hydrogens is 446 g/mol. The Morgan fingerprint density at radius 3 is 2.48 bits per heavy atom. The number of hydrogen-bond donors (Lipinski definition) is 2. The summed E-state index contributed by atoms with van der Waals surface area (Å²) < 4.78 is 40.4. The lowest BCUT2D eigenvalue weighted by atomic mass is 10.1. The van der Waals surface area contributed by atoms with Crippen LogP contribution < -0.4 is 24.7 Å². The highest BCUT2D eigenvalue weighted by atomic mass is 32.2. The Bertz CT molecular complexity index is 1330. The molecule has 0 aliphatic rings. The molecule has 3 rings (SSSR count). The first-order valence-corrected chi connectivity index (χ1v) is 11.1. The van der Waals surface area contributed by atoms with Gasteiger partial charge in [-0.1, -0.05) is 6.07 Å². The molecule has 10 heteroatoms. The Kier molecular flexibility index (Phi) is 7.17. The van der Waals surface area contributed by atoms with E-state index in [1.54, 1.807) is 36.4 Å². The van der Waals surface area contributed by atoms with Gasteiger partial charge in [-0.3, -0.25) is 4.79 Å². The Morgan fingerprint density at radius 2 is 1.82 bits per heavy atom. The van der Waals surface area contributed by atoms with Gasteiger partial charge in [-0.05, 0) is 48.5 Å². The minimum absolute atomic E-state index is 0.0500. The van der Waals surface area contributed by atoms with E-state index >= 15 is 0 Å². The van der Waals surface area contributed by atoms with Gasteiger partial charge in [0.05, 0.1) is 25.9 Å². The van der Waals surface area contributed by atoms with Crippen molar-refractivity contribution in [2.24, 2.45) is 5.14 Å². The van der Waals surface area contributed by atoms with Crippen molar-refractivity contribution in [3.63, 3.8) is 0 Å². The van der Waals surface area contributed by atoms with Crippen LogP contribution in [-0.2, 0) is 16.6 Å². The number of methoxy groups -OCH3 is 2. The minimum atomic E-state index is -4.10. The van der Waals surface area contributed by atoms with Crippen LogP contribution in [0.2, 0.25) is 0 Å². The third-order valence-electron chi connectivity index (χ3n) is 4.63. The van der Waals surface area contributed by atoms with E-state index in [0.29, 0.717) is 22.6 Å². The number of carbonyl (C=O) groups is 1. The fraction of sp³-hybridized carbons (Fsp3) is 0.130. The molecule has 0 aliphatic carbocycles. The fourth-order valence-corrected chi connectivity index (χ4v) is 3.67. The van der Waals surface area contributed by atoms with Crippen molar-refractivity contribution in [2.75, 3.05) is 19.5 Å². The molecule has 0 heterocycles. The van der Waals surface area contributed by atoms with Crippen LogP contribution in [0.15, 0.2) is 65.6 Å². The molecule has 9 nitrogen and oxygen atoms in total. The summed E-state index contributed by atoms with van der Waals surface area (Å²) in [6, 6.07) is 17.3. The summed E-state index contributed by atoms with van der Waals surface area (Å²) in [6.45, 7) is -0.0511. The molecule has 0 saturated carbocycles. The van der Waals surface area contributed by atoms with E-state index in [9.17, 15) is 13.2 Å². The molecule has 3 aromatic rings. The number of benzene rings is 3. The SMILES string of the molecule is COc1ccc(OC)c(COc2cc(NC(=O)c3cccc(C#N)c3)ccc2S(N)(=O)=O)c1. The van der Waals surface area contributed by atoms with E-state index in [4.69, 9.17) is 24.6 Å². The first kappa shape index (κ1) is 23.6. The van der Waals surface area contributed by atoms with Crippen molar-refractivity contribution < 1.29 is 27.4 Å². The van der Waals surface area contributed by atoms with Crippen molar-refractivity contribution >= 4 is 21.6 Å². The van der Waals surface area contributed by atoms with E-state index in [1.165, 1.54) is 38.5 Å². The standard InChI is InChI=1S/C23H21N3O6S/c1-30-19-7-8-20(31-2)17(11-19)14-32-21-12-18(6-9-22(21)33(25,28)29)26-23(27)16-5-3-4-15(10-16)13-24/h3-12H,14H2,1-2H3,(H,26,27)(H2,25,28,29). The van der Waals surface area contributed by atoms with Gasteiger partial charge in [-0.2, -0.15) is 5.26 Å². The van der Waals surface area contributed by atoms with E-state index in [0.717, 1.165) is 0 Å². The quantitative estimate of drug-likeness (QED) is 0.519. The lowest BCUT2D eigenvalue weighted by Crippen LogP contribution is -2.16. The zero-order valence-electron chi connectivity index (χ0n) is 17.9. The number of ether oxygens (including phenoxy) is 3. The molecule has 3 aromatic carbocycles. The van der Waals surface area contributed by atoms with Crippen molar-refractivity contribution in [2.45, 2.75) is 11.5 Å². The molecule has 0 unspecified atom stereocenters. The third kappa shape index (κ3) is 5.79. The molecule has 3 N–H and O–H groups in total. The van der Waals surface area contributed by atoms with Crippen LogP contribution in [0.4, 0.5) is 5.69 Å². The molecule has 0 saturated heterocycles. The molecule has 170 valence electrons. The first-order valence-electron chi connectivity index (χ1n) is 9.57. The zero-order chi connectivity index (χ0) is 24.0. The maximum atomic E-state index is 12.6. The first-order chi connectivity index (χ1) is 15.7. The summed E-state index contributed by atoms with van der Waals surface area (Å²) in [5.74, 6) is 0.568. The molecule has 0 fully saturated rings. The number of rotatable bonds is 8. The van der Waals surface area contributed by atoms with Crippen LogP contribution in [0.25, 0.3) is 0 Å². The highest BCUT2D eigenvalue weighted by Crippen LogP contribution is 2.30. The maximum Gasteiger partial charge on any atom is 0.255 e. The molecule has 0 atom stereocenters. The topological polar surface area (TPSA) is 141 Å². The molecule has 0 radical (unpaired) electrons. The lowest BCUT2D eigenvalue weighted by Gasteiger charge is -2.15. The van der Waals surface area contributed by atoms with Crippen LogP contribution in [0, 0.1) is 11.3 Å². The smallest absolute Gasteiger partial charge is 0.255 e. The number of amides is 1. The summed E-state index contributed by atoms with van der Waals surface area (Å²) in [4.78, 5) is 12.3. The summed E-state index contributed by atoms with van der Waals surface area (Å²) in [7, 11) is -1.09. The normalized spacial score (nSPS) is 10.7. The van der Waals surface area contributed by atoms with E-state index in [-0.39, 0.29) is 28.5 Å². The van der Waals surface area contributed by atoms with Gasteiger partial charge in [0.1, 0.15) is 28.8 Å². The van der Waals surface area contributed by atoms with Crippen LogP contribution >= 0.6 is 0 Å². The Labute approximate surface area is 191 Å². The van der Waals surface area contributed by atoms with Gasteiger partial charge in [0.2, 0.25) is 10.0 Å². The molecule has 0 aliphatic heterocycles. The van der Waals surface area contributed by atoms with Crippen LogP contribution in [0.3, 0.4) is 0 Å². The Morgan fingerprint density at radius 1 is 1.03 bits per heavy atom. The van der Waals surface area contributed by atoms with Crippen molar-refractivity contribution in [1.82, 2.24) is 0 Å². The third-order valence-corrected chi connectivity index (χ3v) is 5.58. The summed E-state index contributed by atoms with van der Waals surface area (Å²) in [5, 5.41) is 17.0. The zero-order valence-corrected chi connectivity index (χ0v) is 18.7. The number of nitrogens with zero attached hydrogens (tertiary/aromatic N) is 1. The number of nitrogens with two attached hydrogens (primary N) is 1. The summed E-state index contributed by atoms with van der Waals surface area (Å²) in [6.07, 6.45) is 0. The van der Waals surface area contributed by atoms with Crippen LogP contribution in [-0.4, -0.2) is 28.5 Å². The van der Waals surface area contributed by atoms with Gasteiger partial charge in [0, 0.05) is 22.9 Å². The largest absolute Gasteiger partial charge is 0.497 e. The molecular formula is C23H21N3O6S. The average Bonchev–Trinajstić information content (AvgIpc) is 2.81. The van der Waals surface area contributed by atoms with E-state index in [2.05, 4.69) is 5.32 Å².